The van der Waals surface area contributed by atoms with Gasteiger partial charge in [-0.15, -0.1) is 0 Å². The Balaban J connectivity index is 1.97. The highest BCUT2D eigenvalue weighted by molar-refractivity contribution is 6.36. The molecule has 1 aromatic heterocycles. The Hall–Kier alpha value is -2.00. The number of amides is 1. The largest absolute Gasteiger partial charge is 0.468 e. The Labute approximate surface area is 144 Å². The Kier molecular flexibility index (Phi) is 6.48. The lowest BCUT2D eigenvalue weighted by Gasteiger charge is -2.19. The van der Waals surface area contributed by atoms with E-state index < -0.39 is 0 Å². The summed E-state index contributed by atoms with van der Waals surface area (Å²) in [6, 6.07) is 10.6. The number of nitrogens with one attached hydrogen (secondary N) is 1. The van der Waals surface area contributed by atoms with Crippen LogP contribution in [0.3, 0.4) is 0 Å². The van der Waals surface area contributed by atoms with Crippen LogP contribution in [0.15, 0.2) is 41.0 Å². The molecule has 0 saturated carbocycles. The van der Waals surface area contributed by atoms with Crippen LogP contribution in [0, 0.1) is 11.3 Å². The molecule has 5 nitrogen and oxygen atoms in total. The molecule has 0 spiro atoms. The average Bonchev–Trinajstić information content (AvgIpc) is 3.00. The topological polar surface area (TPSA) is 69.3 Å². The molecule has 0 saturated heterocycles. The Morgan fingerprint density at radius 2 is 2.17 bits per heavy atom. The molecule has 2 rings (SSSR count). The van der Waals surface area contributed by atoms with E-state index in [9.17, 15) is 4.79 Å². The number of carbonyl (C=O) groups excluding carboxylic acids is 1. The molecule has 1 N–H and O–H groups in total. The van der Waals surface area contributed by atoms with Crippen LogP contribution < -0.4 is 5.32 Å². The second-order valence-electron chi connectivity index (χ2n) is 4.87. The fourth-order valence-corrected chi connectivity index (χ4v) is 2.48. The molecule has 0 aliphatic carbocycles. The molecule has 23 heavy (non-hydrogen) atoms. The van der Waals surface area contributed by atoms with E-state index in [0.717, 1.165) is 5.76 Å². The van der Waals surface area contributed by atoms with Gasteiger partial charge in [0.05, 0.1) is 36.1 Å². The summed E-state index contributed by atoms with van der Waals surface area (Å²) in [7, 11) is 0. The minimum atomic E-state index is -0.223. The van der Waals surface area contributed by atoms with E-state index in [4.69, 9.17) is 32.9 Å². The smallest absolute Gasteiger partial charge is 0.238 e. The van der Waals surface area contributed by atoms with Gasteiger partial charge in [-0.2, -0.15) is 5.26 Å². The number of hydrogen-bond donors (Lipinski definition) is 1. The van der Waals surface area contributed by atoms with Gasteiger partial charge in [-0.3, -0.25) is 9.69 Å². The SMILES string of the molecule is N#CCCN(CC(=O)Nc1ccc(Cl)cc1Cl)Cc1ccco1. The zero-order chi connectivity index (χ0) is 16.7. The maximum atomic E-state index is 12.2. The summed E-state index contributed by atoms with van der Waals surface area (Å²) < 4.78 is 5.28. The van der Waals surface area contributed by atoms with Crippen LogP contribution in [0.2, 0.25) is 10.0 Å². The van der Waals surface area contributed by atoms with Crippen LogP contribution in [0.4, 0.5) is 5.69 Å². The summed E-state index contributed by atoms with van der Waals surface area (Å²) in [5.41, 5.74) is 0.499. The predicted octanol–water partition coefficient (Wildman–Crippen LogP) is 3.94. The highest BCUT2D eigenvalue weighted by atomic mass is 35.5. The molecule has 1 aromatic carbocycles. The van der Waals surface area contributed by atoms with Gasteiger partial charge in [0, 0.05) is 18.0 Å². The number of anilines is 1. The summed E-state index contributed by atoms with van der Waals surface area (Å²) in [5.74, 6) is 0.513. The van der Waals surface area contributed by atoms with E-state index in [1.165, 1.54) is 0 Å². The minimum Gasteiger partial charge on any atom is -0.468 e. The fourth-order valence-electron chi connectivity index (χ4n) is 2.03. The van der Waals surface area contributed by atoms with Crippen LogP contribution in [-0.4, -0.2) is 23.9 Å². The van der Waals surface area contributed by atoms with Crippen molar-refractivity contribution in [3.05, 3.63) is 52.4 Å². The van der Waals surface area contributed by atoms with E-state index in [-0.39, 0.29) is 12.5 Å². The van der Waals surface area contributed by atoms with Gasteiger partial charge >= 0.3 is 0 Å². The zero-order valence-electron chi connectivity index (χ0n) is 12.3. The summed E-state index contributed by atoms with van der Waals surface area (Å²) >= 11 is 11.9. The normalized spacial score (nSPS) is 10.5. The molecule has 0 fully saturated rings. The lowest BCUT2D eigenvalue weighted by molar-refractivity contribution is -0.117. The third-order valence-corrected chi connectivity index (χ3v) is 3.62. The minimum absolute atomic E-state index is 0.126. The van der Waals surface area contributed by atoms with Crippen LogP contribution in [0.5, 0.6) is 0 Å². The number of carbonyl (C=O) groups is 1. The van der Waals surface area contributed by atoms with Gasteiger partial charge in [0.2, 0.25) is 5.91 Å². The maximum Gasteiger partial charge on any atom is 0.238 e. The number of nitrogens with zero attached hydrogens (tertiary/aromatic N) is 2. The van der Waals surface area contributed by atoms with Crippen molar-refractivity contribution in [2.75, 3.05) is 18.4 Å². The summed E-state index contributed by atoms with van der Waals surface area (Å²) in [6.07, 6.45) is 1.90. The standard InChI is InChI=1S/C16H15Cl2N3O2/c17-12-4-5-15(14(18)9-12)20-16(22)11-21(7-2-6-19)10-13-3-1-8-23-13/h1,3-5,8-9H,2,7,10-11H2,(H,20,22). The molecular weight excluding hydrogens is 337 g/mol. The van der Waals surface area contributed by atoms with Crippen molar-refractivity contribution in [3.63, 3.8) is 0 Å². The van der Waals surface area contributed by atoms with Gasteiger partial charge in [-0.05, 0) is 30.3 Å². The van der Waals surface area contributed by atoms with Gasteiger partial charge in [0.25, 0.3) is 0 Å². The molecule has 0 unspecified atom stereocenters. The quantitative estimate of drug-likeness (QED) is 0.819. The highest BCUT2D eigenvalue weighted by Crippen LogP contribution is 2.25. The molecule has 0 bridgehead atoms. The van der Waals surface area contributed by atoms with Crippen molar-refractivity contribution < 1.29 is 9.21 Å². The number of benzene rings is 1. The molecular formula is C16H15Cl2N3O2. The monoisotopic (exact) mass is 351 g/mol. The first kappa shape index (κ1) is 17.4. The number of hydrogen-bond acceptors (Lipinski definition) is 4. The molecule has 0 aliphatic heterocycles. The van der Waals surface area contributed by atoms with Gasteiger partial charge in [0.15, 0.2) is 0 Å². The Bertz CT molecular complexity index is 696. The Morgan fingerprint density at radius 1 is 1.35 bits per heavy atom. The van der Waals surface area contributed by atoms with Crippen molar-refractivity contribution >= 4 is 34.8 Å². The number of rotatable bonds is 7. The third-order valence-electron chi connectivity index (χ3n) is 3.07. The summed E-state index contributed by atoms with van der Waals surface area (Å²) in [5, 5.41) is 12.4. The molecule has 0 aliphatic rings. The number of furan rings is 1. The maximum absolute atomic E-state index is 12.2. The van der Waals surface area contributed by atoms with Crippen LogP contribution in [0.25, 0.3) is 0 Å². The van der Waals surface area contributed by atoms with Gasteiger partial charge in [-0.1, -0.05) is 23.2 Å². The number of halogens is 2. The van der Waals surface area contributed by atoms with Gasteiger partial charge in [-0.25, -0.2) is 0 Å². The van der Waals surface area contributed by atoms with Crippen molar-refractivity contribution in [2.45, 2.75) is 13.0 Å². The first-order valence-electron chi connectivity index (χ1n) is 6.95. The third kappa shape index (κ3) is 5.61. The van der Waals surface area contributed by atoms with Crippen molar-refractivity contribution in [1.82, 2.24) is 4.90 Å². The molecule has 120 valence electrons. The van der Waals surface area contributed by atoms with E-state index in [0.29, 0.717) is 35.2 Å². The molecule has 0 radical (unpaired) electrons. The zero-order valence-corrected chi connectivity index (χ0v) is 13.8. The van der Waals surface area contributed by atoms with Crippen molar-refractivity contribution in [3.8, 4) is 6.07 Å². The molecule has 1 amide bonds. The van der Waals surface area contributed by atoms with Crippen LogP contribution in [-0.2, 0) is 11.3 Å². The average molecular weight is 352 g/mol. The van der Waals surface area contributed by atoms with E-state index >= 15 is 0 Å². The molecule has 7 heteroatoms. The first-order chi connectivity index (χ1) is 11.1. The first-order valence-corrected chi connectivity index (χ1v) is 7.70. The van der Waals surface area contributed by atoms with Gasteiger partial charge in [0.1, 0.15) is 5.76 Å². The van der Waals surface area contributed by atoms with E-state index in [2.05, 4.69) is 11.4 Å². The van der Waals surface area contributed by atoms with Crippen LogP contribution >= 0.6 is 23.2 Å². The lowest BCUT2D eigenvalue weighted by Crippen LogP contribution is -2.33. The van der Waals surface area contributed by atoms with E-state index in [1.807, 2.05) is 11.0 Å². The molecule has 2 aromatic rings. The highest BCUT2D eigenvalue weighted by Gasteiger charge is 2.14. The Morgan fingerprint density at radius 3 is 2.83 bits per heavy atom. The van der Waals surface area contributed by atoms with Crippen molar-refractivity contribution in [2.24, 2.45) is 0 Å². The predicted molar refractivity (Wildman–Crippen MR) is 89.3 cm³/mol. The molecule has 1 heterocycles. The second kappa shape index (κ2) is 8.59. The lowest BCUT2D eigenvalue weighted by atomic mass is 10.3. The fraction of sp³-hybridized carbons (Fsp3) is 0.250. The second-order valence-corrected chi connectivity index (χ2v) is 5.71. The van der Waals surface area contributed by atoms with E-state index in [1.54, 1.807) is 30.5 Å². The summed E-state index contributed by atoms with van der Waals surface area (Å²) in [4.78, 5) is 14.0. The summed E-state index contributed by atoms with van der Waals surface area (Å²) in [6.45, 7) is 1.05. The van der Waals surface area contributed by atoms with Crippen molar-refractivity contribution in [1.29, 1.82) is 5.26 Å². The van der Waals surface area contributed by atoms with Gasteiger partial charge < -0.3 is 9.73 Å². The van der Waals surface area contributed by atoms with Crippen LogP contribution in [0.1, 0.15) is 12.2 Å². The number of nitriles is 1. The molecule has 0 atom stereocenters.